The van der Waals surface area contributed by atoms with Gasteiger partial charge >= 0.3 is 0 Å². The van der Waals surface area contributed by atoms with E-state index in [-0.39, 0.29) is 11.4 Å². The number of nitrogens with zero attached hydrogens (tertiary/aromatic N) is 1. The molecule has 4 N–H and O–H groups in total. The minimum absolute atomic E-state index is 0.0197. The summed E-state index contributed by atoms with van der Waals surface area (Å²) in [5.41, 5.74) is 5.24. The van der Waals surface area contributed by atoms with Crippen molar-refractivity contribution in [1.82, 2.24) is 10.3 Å². The number of amides is 2. The largest absolute Gasteiger partial charge is 0.370 e. The molecule has 0 unspecified atom stereocenters. The number of nitrogens with one attached hydrogen (secondary N) is 2. The Morgan fingerprint density at radius 2 is 2.00 bits per heavy atom. The molecule has 1 aromatic heterocycles. The monoisotopic (exact) mass is 264 g/mol. The lowest BCUT2D eigenvalue weighted by Gasteiger charge is -2.20. The van der Waals surface area contributed by atoms with Gasteiger partial charge in [-0.2, -0.15) is 0 Å². The fourth-order valence-corrected chi connectivity index (χ4v) is 1.43. The molecule has 0 aliphatic rings. The highest BCUT2D eigenvalue weighted by Gasteiger charge is 2.12. The Morgan fingerprint density at radius 1 is 1.32 bits per heavy atom. The highest BCUT2D eigenvalue weighted by atomic mass is 16.2. The first-order chi connectivity index (χ1) is 8.78. The maximum absolute atomic E-state index is 11.6. The van der Waals surface area contributed by atoms with Crippen molar-refractivity contribution >= 4 is 17.6 Å². The van der Waals surface area contributed by atoms with Crippen molar-refractivity contribution in [3.63, 3.8) is 0 Å². The van der Waals surface area contributed by atoms with Gasteiger partial charge in [-0.05, 0) is 32.9 Å². The molecule has 0 fully saturated rings. The summed E-state index contributed by atoms with van der Waals surface area (Å²) in [7, 11) is 0. The van der Waals surface area contributed by atoms with Gasteiger partial charge < -0.3 is 16.4 Å². The molecular formula is C13H20N4O2. The molecule has 104 valence electrons. The van der Waals surface area contributed by atoms with Crippen LogP contribution in [0.1, 0.15) is 37.6 Å². The standard InChI is InChI=1S/C13H20N4O2/c1-13(2,3)17-11(18)6-7-15-10-5-4-9(8-16-10)12(14)19/h4-5,8H,6-7H2,1-3H3,(H2,14,19)(H,15,16)(H,17,18). The summed E-state index contributed by atoms with van der Waals surface area (Å²) in [5.74, 6) is 0.0749. The van der Waals surface area contributed by atoms with E-state index in [4.69, 9.17) is 5.73 Å². The third-order valence-corrected chi connectivity index (χ3v) is 2.22. The maximum atomic E-state index is 11.6. The predicted octanol–water partition coefficient (Wildman–Crippen LogP) is 0.897. The number of pyridine rings is 1. The summed E-state index contributed by atoms with van der Waals surface area (Å²) in [6, 6.07) is 3.24. The lowest BCUT2D eigenvalue weighted by atomic mass is 10.1. The first kappa shape index (κ1) is 14.9. The highest BCUT2D eigenvalue weighted by Crippen LogP contribution is 2.05. The highest BCUT2D eigenvalue weighted by molar-refractivity contribution is 5.92. The molecular weight excluding hydrogens is 244 g/mol. The molecule has 0 aliphatic heterocycles. The Bertz CT molecular complexity index is 449. The smallest absolute Gasteiger partial charge is 0.250 e. The number of aromatic nitrogens is 1. The Labute approximate surface area is 112 Å². The minimum atomic E-state index is -0.511. The van der Waals surface area contributed by atoms with Crippen molar-refractivity contribution in [2.75, 3.05) is 11.9 Å². The van der Waals surface area contributed by atoms with Gasteiger partial charge in [0.15, 0.2) is 0 Å². The molecule has 19 heavy (non-hydrogen) atoms. The summed E-state index contributed by atoms with van der Waals surface area (Å²) < 4.78 is 0. The Morgan fingerprint density at radius 3 is 2.47 bits per heavy atom. The van der Waals surface area contributed by atoms with Crippen molar-refractivity contribution in [2.24, 2.45) is 5.73 Å². The average molecular weight is 264 g/mol. The van der Waals surface area contributed by atoms with Crippen LogP contribution in [0.15, 0.2) is 18.3 Å². The molecule has 0 saturated carbocycles. The van der Waals surface area contributed by atoms with Gasteiger partial charge in [0.05, 0.1) is 5.56 Å². The van der Waals surface area contributed by atoms with Crippen LogP contribution in [0.2, 0.25) is 0 Å². The molecule has 2 amide bonds. The normalized spacial score (nSPS) is 10.9. The summed E-state index contributed by atoms with van der Waals surface area (Å²) in [5, 5.41) is 5.87. The molecule has 0 atom stereocenters. The second kappa shape index (κ2) is 6.17. The van der Waals surface area contributed by atoms with Gasteiger partial charge in [-0.15, -0.1) is 0 Å². The van der Waals surface area contributed by atoms with Crippen LogP contribution in [0, 0.1) is 0 Å². The molecule has 0 saturated heterocycles. The fourth-order valence-electron chi connectivity index (χ4n) is 1.43. The SMILES string of the molecule is CC(C)(C)NC(=O)CCNc1ccc(C(N)=O)cn1. The Hall–Kier alpha value is -2.11. The molecule has 1 heterocycles. The molecule has 6 heteroatoms. The number of carbonyl (C=O) groups excluding carboxylic acids is 2. The van der Waals surface area contributed by atoms with Crippen LogP contribution in [-0.2, 0) is 4.79 Å². The van der Waals surface area contributed by atoms with E-state index in [0.29, 0.717) is 24.3 Å². The number of carbonyl (C=O) groups is 2. The van der Waals surface area contributed by atoms with Crippen LogP contribution in [0.3, 0.4) is 0 Å². The van der Waals surface area contributed by atoms with Crippen molar-refractivity contribution in [3.8, 4) is 0 Å². The summed E-state index contributed by atoms with van der Waals surface area (Å²) in [6.45, 7) is 6.28. The summed E-state index contributed by atoms with van der Waals surface area (Å²) in [6.07, 6.45) is 1.76. The van der Waals surface area contributed by atoms with Gasteiger partial charge in [-0.1, -0.05) is 0 Å². The number of hydrogen-bond acceptors (Lipinski definition) is 4. The number of hydrogen-bond donors (Lipinski definition) is 3. The average Bonchev–Trinajstić information content (AvgIpc) is 2.27. The second-order valence-corrected chi connectivity index (χ2v) is 5.27. The van der Waals surface area contributed by atoms with Crippen LogP contribution >= 0.6 is 0 Å². The number of nitrogens with two attached hydrogens (primary N) is 1. The van der Waals surface area contributed by atoms with Gasteiger partial charge in [0, 0.05) is 24.7 Å². The van der Waals surface area contributed by atoms with Crippen LogP contribution in [0.25, 0.3) is 0 Å². The van der Waals surface area contributed by atoms with Crippen LogP contribution < -0.4 is 16.4 Å². The lowest BCUT2D eigenvalue weighted by molar-refractivity contribution is -0.122. The van der Waals surface area contributed by atoms with E-state index < -0.39 is 5.91 Å². The molecule has 0 radical (unpaired) electrons. The van der Waals surface area contributed by atoms with E-state index in [9.17, 15) is 9.59 Å². The minimum Gasteiger partial charge on any atom is -0.370 e. The molecule has 0 aromatic carbocycles. The first-order valence-corrected chi connectivity index (χ1v) is 6.09. The van der Waals surface area contributed by atoms with Crippen molar-refractivity contribution in [3.05, 3.63) is 23.9 Å². The molecule has 0 bridgehead atoms. The Balaban J connectivity index is 2.37. The Kier molecular flexibility index (Phi) is 4.86. The quantitative estimate of drug-likeness (QED) is 0.736. The van der Waals surface area contributed by atoms with Crippen LogP contribution in [0.4, 0.5) is 5.82 Å². The van der Waals surface area contributed by atoms with Crippen molar-refractivity contribution < 1.29 is 9.59 Å². The van der Waals surface area contributed by atoms with E-state index in [1.807, 2.05) is 20.8 Å². The van der Waals surface area contributed by atoms with Gasteiger partial charge in [0.25, 0.3) is 0 Å². The van der Waals surface area contributed by atoms with Gasteiger partial charge in [0.2, 0.25) is 11.8 Å². The zero-order chi connectivity index (χ0) is 14.5. The topological polar surface area (TPSA) is 97.1 Å². The second-order valence-electron chi connectivity index (χ2n) is 5.27. The number of rotatable bonds is 5. The van der Waals surface area contributed by atoms with Gasteiger partial charge in [0.1, 0.15) is 5.82 Å². The van der Waals surface area contributed by atoms with E-state index in [0.717, 1.165) is 0 Å². The first-order valence-electron chi connectivity index (χ1n) is 6.09. The van der Waals surface area contributed by atoms with E-state index in [1.165, 1.54) is 6.20 Å². The summed E-state index contributed by atoms with van der Waals surface area (Å²) in [4.78, 5) is 26.4. The number of anilines is 1. The predicted molar refractivity (Wildman–Crippen MR) is 73.8 cm³/mol. The lowest BCUT2D eigenvalue weighted by Crippen LogP contribution is -2.41. The maximum Gasteiger partial charge on any atom is 0.250 e. The van der Waals surface area contributed by atoms with E-state index >= 15 is 0 Å². The molecule has 0 aliphatic carbocycles. The summed E-state index contributed by atoms with van der Waals surface area (Å²) >= 11 is 0. The number of primary amides is 1. The van der Waals surface area contributed by atoms with Crippen LogP contribution in [0.5, 0.6) is 0 Å². The van der Waals surface area contributed by atoms with Gasteiger partial charge in [-0.3, -0.25) is 9.59 Å². The molecule has 6 nitrogen and oxygen atoms in total. The zero-order valence-electron chi connectivity index (χ0n) is 11.5. The van der Waals surface area contributed by atoms with Crippen LogP contribution in [-0.4, -0.2) is 28.9 Å². The third-order valence-electron chi connectivity index (χ3n) is 2.22. The van der Waals surface area contributed by atoms with Crippen molar-refractivity contribution in [2.45, 2.75) is 32.7 Å². The molecule has 1 aromatic rings. The van der Waals surface area contributed by atoms with Gasteiger partial charge in [-0.25, -0.2) is 4.98 Å². The molecule has 0 spiro atoms. The van der Waals surface area contributed by atoms with Crippen molar-refractivity contribution in [1.29, 1.82) is 0 Å². The zero-order valence-corrected chi connectivity index (χ0v) is 11.5. The fraction of sp³-hybridized carbons (Fsp3) is 0.462. The third kappa shape index (κ3) is 5.85. The van der Waals surface area contributed by atoms with E-state index in [1.54, 1.807) is 12.1 Å². The van der Waals surface area contributed by atoms with E-state index in [2.05, 4.69) is 15.6 Å². The molecule has 1 rings (SSSR count).